The summed E-state index contributed by atoms with van der Waals surface area (Å²) in [6.45, 7) is 7.87. The molecule has 1 fully saturated rings. The van der Waals surface area contributed by atoms with E-state index >= 15 is 0 Å². The molecule has 0 saturated carbocycles. The normalized spacial score (nSPS) is 23.1. The van der Waals surface area contributed by atoms with Crippen molar-refractivity contribution in [2.24, 2.45) is 18.9 Å². The van der Waals surface area contributed by atoms with Crippen LogP contribution in [0.15, 0.2) is 0 Å². The van der Waals surface area contributed by atoms with E-state index in [-0.39, 0.29) is 30.2 Å². The van der Waals surface area contributed by atoms with Gasteiger partial charge in [0.15, 0.2) is 5.82 Å². The molecule has 2 atom stereocenters. The van der Waals surface area contributed by atoms with E-state index < -0.39 is 12.1 Å². The van der Waals surface area contributed by atoms with E-state index in [1.165, 1.54) is 4.80 Å². The van der Waals surface area contributed by atoms with Crippen LogP contribution in [-0.2, 0) is 23.2 Å². The van der Waals surface area contributed by atoms with Gasteiger partial charge in [-0.15, -0.1) is 10.2 Å². The van der Waals surface area contributed by atoms with Crippen molar-refractivity contribution in [1.29, 1.82) is 0 Å². The van der Waals surface area contributed by atoms with Gasteiger partial charge < -0.3 is 10.2 Å². The van der Waals surface area contributed by atoms with Crippen molar-refractivity contribution in [2.45, 2.75) is 46.3 Å². The van der Waals surface area contributed by atoms with Crippen LogP contribution >= 0.6 is 0 Å². The zero-order chi connectivity index (χ0) is 15.7. The summed E-state index contributed by atoms with van der Waals surface area (Å²) >= 11 is 0. The SMILES string of the molecule is CC(C)C1NC(=O)C(C(C)C)N(Cc2nnn(C)n2)C1=O. The molecule has 21 heavy (non-hydrogen) atoms. The Morgan fingerprint density at radius 1 is 1.19 bits per heavy atom. The fraction of sp³-hybridized carbons (Fsp3) is 0.769. The monoisotopic (exact) mass is 294 g/mol. The zero-order valence-corrected chi connectivity index (χ0v) is 13.1. The molecule has 0 aliphatic carbocycles. The van der Waals surface area contributed by atoms with E-state index in [0.717, 1.165) is 0 Å². The number of nitrogens with one attached hydrogen (secondary N) is 1. The van der Waals surface area contributed by atoms with E-state index in [4.69, 9.17) is 0 Å². The van der Waals surface area contributed by atoms with Gasteiger partial charge in [0.1, 0.15) is 12.1 Å². The Balaban J connectivity index is 2.29. The van der Waals surface area contributed by atoms with Gasteiger partial charge in [0.05, 0.1) is 13.6 Å². The van der Waals surface area contributed by atoms with E-state index in [9.17, 15) is 9.59 Å². The van der Waals surface area contributed by atoms with Crippen molar-refractivity contribution in [3.63, 3.8) is 0 Å². The number of carbonyl (C=O) groups is 2. The topological polar surface area (TPSA) is 93.0 Å². The average Bonchev–Trinajstić information content (AvgIpc) is 2.78. The Morgan fingerprint density at radius 2 is 1.86 bits per heavy atom. The molecule has 8 heteroatoms. The molecule has 2 unspecified atom stereocenters. The summed E-state index contributed by atoms with van der Waals surface area (Å²) in [5, 5.41) is 14.6. The second-order valence-corrected chi connectivity index (χ2v) is 6.08. The number of aromatic nitrogens is 4. The summed E-state index contributed by atoms with van der Waals surface area (Å²) in [5.74, 6) is 0.280. The lowest BCUT2D eigenvalue weighted by molar-refractivity contribution is -0.153. The van der Waals surface area contributed by atoms with Crippen LogP contribution in [0.1, 0.15) is 33.5 Å². The fourth-order valence-electron chi connectivity index (χ4n) is 2.59. The minimum atomic E-state index is -0.503. The van der Waals surface area contributed by atoms with Crippen LogP contribution in [0.5, 0.6) is 0 Å². The number of tetrazole rings is 1. The van der Waals surface area contributed by atoms with E-state index in [1.54, 1.807) is 11.9 Å². The molecule has 1 aromatic rings. The van der Waals surface area contributed by atoms with Gasteiger partial charge in [-0.05, 0) is 17.0 Å². The first-order valence-corrected chi connectivity index (χ1v) is 7.15. The van der Waals surface area contributed by atoms with Gasteiger partial charge in [-0.3, -0.25) is 9.59 Å². The second-order valence-electron chi connectivity index (χ2n) is 6.08. The second kappa shape index (κ2) is 5.79. The number of piperazine rings is 1. The van der Waals surface area contributed by atoms with Crippen LogP contribution < -0.4 is 5.32 Å². The first kappa shape index (κ1) is 15.4. The number of rotatable bonds is 4. The summed E-state index contributed by atoms with van der Waals surface area (Å²) in [6, 6.07) is -1.000. The predicted molar refractivity (Wildman–Crippen MR) is 74.7 cm³/mol. The molecule has 0 bridgehead atoms. The molecule has 2 rings (SSSR count). The Kier molecular flexibility index (Phi) is 4.24. The summed E-state index contributed by atoms with van der Waals surface area (Å²) in [7, 11) is 1.66. The van der Waals surface area contributed by atoms with E-state index in [1.807, 2.05) is 27.7 Å². The molecule has 2 heterocycles. The molecule has 1 aromatic heterocycles. The molecule has 0 radical (unpaired) electrons. The van der Waals surface area contributed by atoms with Gasteiger partial charge in [-0.1, -0.05) is 27.7 Å². The summed E-state index contributed by atoms with van der Waals surface area (Å²) in [5.41, 5.74) is 0. The highest BCUT2D eigenvalue weighted by molar-refractivity contribution is 5.97. The molecule has 1 saturated heterocycles. The largest absolute Gasteiger partial charge is 0.342 e. The molecule has 0 aromatic carbocycles. The summed E-state index contributed by atoms with van der Waals surface area (Å²) in [6.07, 6.45) is 0. The molecule has 0 spiro atoms. The maximum Gasteiger partial charge on any atom is 0.246 e. The lowest BCUT2D eigenvalue weighted by atomic mass is 9.93. The summed E-state index contributed by atoms with van der Waals surface area (Å²) in [4.78, 5) is 27.9. The first-order chi connectivity index (χ1) is 9.81. The lowest BCUT2D eigenvalue weighted by Crippen LogP contribution is -2.65. The maximum atomic E-state index is 12.7. The smallest absolute Gasteiger partial charge is 0.246 e. The number of nitrogens with zero attached hydrogens (tertiary/aromatic N) is 5. The predicted octanol–water partition coefficient (Wildman–Crippen LogP) is -0.282. The molecule has 116 valence electrons. The molecular weight excluding hydrogens is 272 g/mol. The summed E-state index contributed by atoms with van der Waals surface area (Å²) < 4.78 is 0. The molecule has 1 aliphatic rings. The minimum absolute atomic E-state index is 0.0127. The van der Waals surface area contributed by atoms with Crippen molar-refractivity contribution in [1.82, 2.24) is 30.4 Å². The van der Waals surface area contributed by atoms with Crippen molar-refractivity contribution in [3.05, 3.63) is 5.82 Å². The van der Waals surface area contributed by atoms with Crippen LogP contribution in [0.4, 0.5) is 0 Å². The number of amides is 2. The maximum absolute atomic E-state index is 12.7. The van der Waals surface area contributed by atoms with Gasteiger partial charge in [0, 0.05) is 0 Å². The van der Waals surface area contributed by atoms with Gasteiger partial charge >= 0.3 is 0 Å². The standard InChI is InChI=1S/C13H22N6O2/c1-7(2)10-13(21)19(6-9-15-17-18(5)16-9)11(8(3)4)12(20)14-10/h7-8,10-11H,6H2,1-5H3,(H,14,20). The van der Waals surface area contributed by atoms with Gasteiger partial charge in [0.25, 0.3) is 0 Å². The Hall–Kier alpha value is -1.99. The number of carbonyl (C=O) groups excluding carboxylic acids is 2. The van der Waals surface area contributed by atoms with Crippen LogP contribution in [0.2, 0.25) is 0 Å². The highest BCUT2D eigenvalue weighted by Crippen LogP contribution is 2.21. The van der Waals surface area contributed by atoms with Crippen LogP contribution in [0, 0.1) is 11.8 Å². The number of hydrogen-bond acceptors (Lipinski definition) is 5. The highest BCUT2D eigenvalue weighted by atomic mass is 16.2. The highest BCUT2D eigenvalue weighted by Gasteiger charge is 2.43. The van der Waals surface area contributed by atoms with Crippen molar-refractivity contribution in [3.8, 4) is 0 Å². The average molecular weight is 294 g/mol. The fourth-order valence-corrected chi connectivity index (χ4v) is 2.59. The van der Waals surface area contributed by atoms with Crippen LogP contribution in [0.3, 0.4) is 0 Å². The van der Waals surface area contributed by atoms with Gasteiger partial charge in [-0.2, -0.15) is 4.80 Å². The molecule has 2 amide bonds. The van der Waals surface area contributed by atoms with Crippen LogP contribution in [-0.4, -0.2) is 49.0 Å². The van der Waals surface area contributed by atoms with Crippen molar-refractivity contribution in [2.75, 3.05) is 0 Å². The van der Waals surface area contributed by atoms with Crippen molar-refractivity contribution < 1.29 is 9.59 Å². The number of hydrogen-bond donors (Lipinski definition) is 1. The quantitative estimate of drug-likeness (QED) is 0.824. The molecular formula is C13H22N6O2. The third-order valence-electron chi connectivity index (χ3n) is 3.61. The van der Waals surface area contributed by atoms with Crippen molar-refractivity contribution >= 4 is 11.8 Å². The van der Waals surface area contributed by atoms with Gasteiger partial charge in [0.2, 0.25) is 11.8 Å². The third-order valence-corrected chi connectivity index (χ3v) is 3.61. The molecule has 8 nitrogen and oxygen atoms in total. The van der Waals surface area contributed by atoms with E-state index in [0.29, 0.717) is 5.82 Å². The molecule has 1 aliphatic heterocycles. The Labute approximate surface area is 123 Å². The first-order valence-electron chi connectivity index (χ1n) is 7.15. The van der Waals surface area contributed by atoms with Crippen LogP contribution in [0.25, 0.3) is 0 Å². The lowest BCUT2D eigenvalue weighted by Gasteiger charge is -2.41. The Bertz CT molecular complexity index is 539. The third kappa shape index (κ3) is 3.03. The Morgan fingerprint density at radius 3 is 2.33 bits per heavy atom. The molecule has 1 N–H and O–H groups in total. The minimum Gasteiger partial charge on any atom is -0.342 e. The van der Waals surface area contributed by atoms with Gasteiger partial charge in [-0.25, -0.2) is 0 Å². The zero-order valence-electron chi connectivity index (χ0n) is 13.1. The van der Waals surface area contributed by atoms with E-state index in [2.05, 4.69) is 20.7 Å². The number of aryl methyl sites for hydroxylation is 1.